The summed E-state index contributed by atoms with van der Waals surface area (Å²) in [6.07, 6.45) is 9.91. The Kier molecular flexibility index (Phi) is 5.49. The molecule has 1 aromatic rings. The van der Waals surface area contributed by atoms with Crippen molar-refractivity contribution in [2.24, 2.45) is 5.92 Å². The van der Waals surface area contributed by atoms with Gasteiger partial charge in [0.1, 0.15) is 5.82 Å². The van der Waals surface area contributed by atoms with Gasteiger partial charge in [-0.1, -0.05) is 26.2 Å². The van der Waals surface area contributed by atoms with Gasteiger partial charge in [-0.15, -0.1) is 0 Å². The number of hydrogen-bond acceptors (Lipinski definition) is 2. The number of anilines is 1. The lowest BCUT2D eigenvalue weighted by molar-refractivity contribution is 0.312. The molecule has 2 nitrogen and oxygen atoms in total. The van der Waals surface area contributed by atoms with Gasteiger partial charge in [-0.25, -0.2) is 4.98 Å². The smallest absolute Gasteiger partial charge is 0.140 e. The molecule has 2 rings (SSSR count). The van der Waals surface area contributed by atoms with E-state index in [2.05, 4.69) is 49.1 Å². The average Bonchev–Trinajstić information content (AvgIpc) is 2.39. The molecule has 1 unspecified atom stereocenters. The molecule has 1 N–H and O–H groups in total. The van der Waals surface area contributed by atoms with Crippen LogP contribution in [0.3, 0.4) is 0 Å². The van der Waals surface area contributed by atoms with Crippen LogP contribution in [0.4, 0.5) is 5.82 Å². The van der Waals surface area contributed by atoms with Crippen molar-refractivity contribution in [1.29, 1.82) is 0 Å². The zero-order valence-corrected chi connectivity index (χ0v) is 13.9. The quantitative estimate of drug-likeness (QED) is 0.764. The average molecular weight is 376 g/mol. The van der Waals surface area contributed by atoms with Gasteiger partial charge in [0.05, 0.1) is 4.47 Å². The fraction of sp³-hybridized carbons (Fsp3) is 0.643. The number of hydrogen-bond donors (Lipinski definition) is 1. The molecule has 1 atom stereocenters. The third kappa shape index (κ3) is 3.70. The molecule has 1 fully saturated rings. The Morgan fingerprint density at radius 1 is 1.33 bits per heavy atom. The van der Waals surface area contributed by atoms with Crippen LogP contribution >= 0.6 is 31.9 Å². The van der Waals surface area contributed by atoms with Gasteiger partial charge in [0, 0.05) is 16.7 Å². The fourth-order valence-corrected chi connectivity index (χ4v) is 3.89. The summed E-state index contributed by atoms with van der Waals surface area (Å²) in [4.78, 5) is 4.46. The molecular formula is C14H20Br2N2. The van der Waals surface area contributed by atoms with E-state index in [4.69, 9.17) is 0 Å². The molecule has 0 bridgehead atoms. The van der Waals surface area contributed by atoms with Crippen molar-refractivity contribution in [3.8, 4) is 0 Å². The van der Waals surface area contributed by atoms with E-state index in [9.17, 15) is 0 Å². The molecule has 1 aliphatic rings. The number of nitrogens with one attached hydrogen (secondary N) is 1. The molecule has 1 heterocycles. The summed E-state index contributed by atoms with van der Waals surface area (Å²) >= 11 is 7.01. The van der Waals surface area contributed by atoms with Crippen molar-refractivity contribution in [2.45, 2.75) is 51.5 Å². The molecule has 0 spiro atoms. The first-order valence-electron chi connectivity index (χ1n) is 6.78. The standard InChI is InChI=1S/C14H20Br2N2/c1-2-13(10-6-4-3-5-7-10)18-14-12(16)8-11(15)9-17-14/h8-10,13H,2-7H2,1H3,(H,17,18). The SMILES string of the molecule is CCC(Nc1ncc(Br)cc1Br)C1CCCCC1. The second-order valence-electron chi connectivity index (χ2n) is 5.04. The Balaban J connectivity index is 2.04. The molecule has 100 valence electrons. The molecule has 0 aromatic carbocycles. The largest absolute Gasteiger partial charge is 0.366 e. The highest BCUT2D eigenvalue weighted by Crippen LogP contribution is 2.31. The van der Waals surface area contributed by atoms with Crippen molar-refractivity contribution in [2.75, 3.05) is 5.32 Å². The lowest BCUT2D eigenvalue weighted by Crippen LogP contribution is -2.30. The molecule has 0 aliphatic heterocycles. The minimum Gasteiger partial charge on any atom is -0.366 e. The van der Waals surface area contributed by atoms with Gasteiger partial charge in [-0.3, -0.25) is 0 Å². The van der Waals surface area contributed by atoms with Gasteiger partial charge in [-0.05, 0) is 63.1 Å². The number of pyridine rings is 1. The molecule has 1 saturated carbocycles. The zero-order chi connectivity index (χ0) is 13.0. The molecule has 4 heteroatoms. The second kappa shape index (κ2) is 6.90. The van der Waals surface area contributed by atoms with E-state index in [1.807, 2.05) is 12.3 Å². The third-order valence-electron chi connectivity index (χ3n) is 3.79. The van der Waals surface area contributed by atoms with Gasteiger partial charge in [0.2, 0.25) is 0 Å². The van der Waals surface area contributed by atoms with Crippen molar-refractivity contribution in [3.05, 3.63) is 21.2 Å². The number of aromatic nitrogens is 1. The van der Waals surface area contributed by atoms with Gasteiger partial charge >= 0.3 is 0 Å². The van der Waals surface area contributed by atoms with Crippen LogP contribution in [0.25, 0.3) is 0 Å². The van der Waals surface area contributed by atoms with E-state index >= 15 is 0 Å². The lowest BCUT2D eigenvalue weighted by atomic mass is 9.83. The summed E-state index contributed by atoms with van der Waals surface area (Å²) in [5.74, 6) is 1.77. The van der Waals surface area contributed by atoms with Crippen molar-refractivity contribution in [1.82, 2.24) is 4.98 Å². The van der Waals surface area contributed by atoms with E-state index < -0.39 is 0 Å². The maximum Gasteiger partial charge on any atom is 0.140 e. The van der Waals surface area contributed by atoms with Crippen LogP contribution in [0.15, 0.2) is 21.2 Å². The topological polar surface area (TPSA) is 24.9 Å². The predicted octanol–water partition coefficient (Wildman–Crippen LogP) is 5.38. The Hall–Kier alpha value is -0.0900. The Morgan fingerprint density at radius 3 is 2.67 bits per heavy atom. The zero-order valence-electron chi connectivity index (χ0n) is 10.8. The highest BCUT2D eigenvalue weighted by atomic mass is 79.9. The number of halogens is 2. The maximum absolute atomic E-state index is 4.46. The summed E-state index contributed by atoms with van der Waals surface area (Å²) in [5.41, 5.74) is 0. The van der Waals surface area contributed by atoms with Crippen LogP contribution in [0.1, 0.15) is 45.4 Å². The van der Waals surface area contributed by atoms with E-state index in [1.165, 1.54) is 32.1 Å². The van der Waals surface area contributed by atoms with E-state index in [0.29, 0.717) is 6.04 Å². The Morgan fingerprint density at radius 2 is 2.06 bits per heavy atom. The molecule has 0 amide bonds. The Labute approximate surface area is 126 Å². The van der Waals surface area contributed by atoms with Crippen LogP contribution < -0.4 is 5.32 Å². The van der Waals surface area contributed by atoms with E-state index in [0.717, 1.165) is 27.1 Å². The third-order valence-corrected chi connectivity index (χ3v) is 4.83. The first-order valence-corrected chi connectivity index (χ1v) is 8.37. The molecular weight excluding hydrogens is 356 g/mol. The van der Waals surface area contributed by atoms with Crippen LogP contribution in [0.2, 0.25) is 0 Å². The fourth-order valence-electron chi connectivity index (χ4n) is 2.79. The summed E-state index contributed by atoms with van der Waals surface area (Å²) in [5, 5.41) is 3.62. The summed E-state index contributed by atoms with van der Waals surface area (Å²) in [6.45, 7) is 2.26. The van der Waals surface area contributed by atoms with Crippen molar-refractivity contribution in [3.63, 3.8) is 0 Å². The number of rotatable bonds is 4. The summed E-state index contributed by atoms with van der Waals surface area (Å²) in [6, 6.07) is 2.60. The van der Waals surface area contributed by atoms with E-state index in [1.54, 1.807) is 0 Å². The molecule has 0 radical (unpaired) electrons. The predicted molar refractivity (Wildman–Crippen MR) is 83.9 cm³/mol. The van der Waals surface area contributed by atoms with Crippen molar-refractivity contribution >= 4 is 37.7 Å². The summed E-state index contributed by atoms with van der Waals surface area (Å²) < 4.78 is 2.04. The van der Waals surface area contributed by atoms with Gasteiger partial charge in [-0.2, -0.15) is 0 Å². The van der Waals surface area contributed by atoms with Gasteiger partial charge in [0.15, 0.2) is 0 Å². The normalized spacial score (nSPS) is 18.6. The van der Waals surface area contributed by atoms with Gasteiger partial charge < -0.3 is 5.32 Å². The van der Waals surface area contributed by atoms with Crippen molar-refractivity contribution < 1.29 is 0 Å². The summed E-state index contributed by atoms with van der Waals surface area (Å²) in [7, 11) is 0. The molecule has 18 heavy (non-hydrogen) atoms. The monoisotopic (exact) mass is 374 g/mol. The number of nitrogens with zero attached hydrogens (tertiary/aromatic N) is 1. The van der Waals surface area contributed by atoms with E-state index in [-0.39, 0.29) is 0 Å². The Bertz CT molecular complexity index is 389. The van der Waals surface area contributed by atoms with Gasteiger partial charge in [0.25, 0.3) is 0 Å². The highest BCUT2D eigenvalue weighted by molar-refractivity contribution is 9.11. The minimum atomic E-state index is 0.551. The van der Waals surface area contributed by atoms with Crippen LogP contribution in [0, 0.1) is 5.92 Å². The highest BCUT2D eigenvalue weighted by Gasteiger charge is 2.22. The van der Waals surface area contributed by atoms with Crippen LogP contribution in [-0.2, 0) is 0 Å². The molecule has 1 aromatic heterocycles. The second-order valence-corrected chi connectivity index (χ2v) is 6.81. The first kappa shape index (κ1) is 14.3. The van der Waals surface area contributed by atoms with Crippen LogP contribution in [0.5, 0.6) is 0 Å². The molecule has 1 aliphatic carbocycles. The molecule has 0 saturated heterocycles. The maximum atomic E-state index is 4.46. The first-order chi connectivity index (χ1) is 8.70. The minimum absolute atomic E-state index is 0.551. The van der Waals surface area contributed by atoms with Crippen LogP contribution in [-0.4, -0.2) is 11.0 Å². The lowest BCUT2D eigenvalue weighted by Gasteiger charge is -2.30.